The number of rotatable bonds is 4. The van der Waals surface area contributed by atoms with Crippen molar-refractivity contribution in [3.63, 3.8) is 0 Å². The Hall–Kier alpha value is -2.21. The molecule has 0 saturated heterocycles. The van der Waals surface area contributed by atoms with E-state index in [1.807, 2.05) is 37.3 Å². The van der Waals surface area contributed by atoms with E-state index in [9.17, 15) is 14.7 Å². The average molecular weight is 355 g/mol. The second-order valence-electron chi connectivity index (χ2n) is 6.99. The third-order valence-corrected chi connectivity index (χ3v) is 6.68. The van der Waals surface area contributed by atoms with E-state index in [0.717, 1.165) is 35.4 Å². The predicted octanol–water partition coefficient (Wildman–Crippen LogP) is 2.47. The highest BCUT2D eigenvalue weighted by Crippen LogP contribution is 2.52. The van der Waals surface area contributed by atoms with Gasteiger partial charge in [-0.25, -0.2) is 4.98 Å². The van der Waals surface area contributed by atoms with E-state index >= 15 is 0 Å². The summed E-state index contributed by atoms with van der Waals surface area (Å²) in [7, 11) is 0. The molecule has 1 aromatic carbocycles. The number of fused-ring (bicyclic) bond motifs is 2. The minimum atomic E-state index is -1.09. The van der Waals surface area contributed by atoms with Crippen molar-refractivity contribution in [2.75, 3.05) is 5.32 Å². The monoisotopic (exact) mass is 355 g/mol. The maximum Gasteiger partial charge on any atom is 0.230 e. The number of thiazole rings is 1. The van der Waals surface area contributed by atoms with Crippen LogP contribution >= 0.6 is 11.3 Å². The Bertz CT molecular complexity index is 817. The van der Waals surface area contributed by atoms with Crippen molar-refractivity contribution in [1.29, 1.82) is 0 Å². The smallest absolute Gasteiger partial charge is 0.230 e. The molecule has 1 heterocycles. The molecule has 4 atom stereocenters. The van der Waals surface area contributed by atoms with Gasteiger partial charge in [0, 0.05) is 17.8 Å². The molecular weight excluding hydrogens is 336 g/mol. The number of carbonyl (C=O) groups is 2. The largest absolute Gasteiger partial charge is 0.550 e. The number of nitrogens with zero attached hydrogens (tertiary/aromatic N) is 1. The zero-order chi connectivity index (χ0) is 17.6. The van der Waals surface area contributed by atoms with Crippen molar-refractivity contribution in [3.05, 3.63) is 36.0 Å². The Morgan fingerprint density at radius 2 is 1.84 bits per heavy atom. The highest BCUT2D eigenvalue weighted by molar-refractivity contribution is 7.19. The normalized spacial score (nSPS) is 27.4. The molecule has 0 radical (unpaired) electrons. The van der Waals surface area contributed by atoms with Gasteiger partial charge in [-0.15, -0.1) is 0 Å². The summed E-state index contributed by atoms with van der Waals surface area (Å²) in [6.07, 6.45) is 2.64. The molecule has 2 aromatic rings. The van der Waals surface area contributed by atoms with Gasteiger partial charge in [-0.3, -0.25) is 4.79 Å². The first-order chi connectivity index (χ1) is 12.0. The lowest BCUT2D eigenvalue weighted by molar-refractivity contribution is -0.314. The number of benzene rings is 1. The molecule has 0 spiro atoms. The summed E-state index contributed by atoms with van der Waals surface area (Å²) in [6.45, 7) is 1.91. The molecule has 1 amide bonds. The first-order valence-electron chi connectivity index (χ1n) is 8.59. The van der Waals surface area contributed by atoms with Crippen molar-refractivity contribution >= 4 is 28.3 Å². The minimum absolute atomic E-state index is 0.0867. The number of carbonyl (C=O) groups excluding carboxylic acids is 2. The van der Waals surface area contributed by atoms with Gasteiger partial charge in [-0.2, -0.15) is 0 Å². The minimum Gasteiger partial charge on any atom is -0.550 e. The first-order valence-corrected chi connectivity index (χ1v) is 9.41. The molecule has 2 fully saturated rings. The average Bonchev–Trinajstić information content (AvgIpc) is 3.29. The number of anilines is 1. The van der Waals surface area contributed by atoms with Crippen LogP contribution in [0.25, 0.3) is 10.4 Å². The number of hydrogen-bond donors (Lipinski definition) is 1. The Kier molecular flexibility index (Phi) is 4.07. The SMILES string of the molecule is Cc1nc(NC(=O)[C@@H]2[C@H]3CC[C@@H](C3)[C@@H]2C(=O)[O-])sc1-c1ccccc1. The molecule has 0 unspecified atom stereocenters. The molecule has 130 valence electrons. The number of carboxylic acids is 1. The molecule has 2 aliphatic carbocycles. The third kappa shape index (κ3) is 2.84. The Morgan fingerprint density at radius 1 is 1.16 bits per heavy atom. The van der Waals surface area contributed by atoms with Crippen molar-refractivity contribution in [3.8, 4) is 10.4 Å². The molecular formula is C19H19N2O3S-. The summed E-state index contributed by atoms with van der Waals surface area (Å²) in [4.78, 5) is 29.7. The predicted molar refractivity (Wildman–Crippen MR) is 93.7 cm³/mol. The van der Waals surface area contributed by atoms with Gasteiger partial charge in [-0.1, -0.05) is 41.7 Å². The molecule has 1 aromatic heterocycles. The van der Waals surface area contributed by atoms with Crippen molar-refractivity contribution in [2.45, 2.75) is 26.2 Å². The summed E-state index contributed by atoms with van der Waals surface area (Å²) in [6, 6.07) is 9.90. The van der Waals surface area contributed by atoms with Crippen LogP contribution in [-0.4, -0.2) is 16.9 Å². The highest BCUT2D eigenvalue weighted by Gasteiger charge is 2.51. The van der Waals surface area contributed by atoms with Crippen LogP contribution in [0.4, 0.5) is 5.13 Å². The van der Waals surface area contributed by atoms with Crippen molar-refractivity contribution < 1.29 is 14.7 Å². The van der Waals surface area contributed by atoms with Crippen LogP contribution in [-0.2, 0) is 9.59 Å². The number of amides is 1. The maximum absolute atomic E-state index is 12.7. The summed E-state index contributed by atoms with van der Waals surface area (Å²) in [5.74, 6) is -2.23. The van der Waals surface area contributed by atoms with Gasteiger partial charge in [0.1, 0.15) is 0 Å². The lowest BCUT2D eigenvalue weighted by atomic mass is 9.79. The highest BCUT2D eigenvalue weighted by atomic mass is 32.1. The van der Waals surface area contributed by atoms with Crippen LogP contribution in [0, 0.1) is 30.6 Å². The zero-order valence-electron chi connectivity index (χ0n) is 13.9. The number of hydrogen-bond acceptors (Lipinski definition) is 5. The third-order valence-electron chi connectivity index (χ3n) is 5.55. The van der Waals surface area contributed by atoms with Gasteiger partial charge in [-0.05, 0) is 43.6 Å². The number of aliphatic carboxylic acids is 1. The number of aromatic nitrogens is 1. The van der Waals surface area contributed by atoms with Crippen LogP contribution in [0.1, 0.15) is 25.0 Å². The van der Waals surface area contributed by atoms with E-state index in [1.165, 1.54) is 11.3 Å². The molecule has 1 N–H and O–H groups in total. The molecule has 2 aliphatic rings. The van der Waals surface area contributed by atoms with Gasteiger partial charge in [0.15, 0.2) is 5.13 Å². The van der Waals surface area contributed by atoms with Gasteiger partial charge >= 0.3 is 0 Å². The van der Waals surface area contributed by atoms with Gasteiger partial charge in [0.05, 0.1) is 10.6 Å². The molecule has 2 bridgehead atoms. The number of nitrogens with one attached hydrogen (secondary N) is 1. The Labute approximate surface area is 150 Å². The van der Waals surface area contributed by atoms with Crippen LogP contribution < -0.4 is 10.4 Å². The fourth-order valence-electron chi connectivity index (χ4n) is 4.50. The lowest BCUT2D eigenvalue weighted by Crippen LogP contribution is -2.43. The quantitative estimate of drug-likeness (QED) is 0.913. The van der Waals surface area contributed by atoms with Crippen molar-refractivity contribution in [1.82, 2.24) is 4.98 Å². The lowest BCUT2D eigenvalue weighted by Gasteiger charge is -2.30. The van der Waals surface area contributed by atoms with Crippen LogP contribution in [0.3, 0.4) is 0 Å². The molecule has 2 saturated carbocycles. The molecule has 0 aliphatic heterocycles. The number of aryl methyl sites for hydroxylation is 1. The van der Waals surface area contributed by atoms with Gasteiger partial charge < -0.3 is 15.2 Å². The summed E-state index contributed by atoms with van der Waals surface area (Å²) in [5, 5.41) is 14.9. The van der Waals surface area contributed by atoms with E-state index in [2.05, 4.69) is 10.3 Å². The first kappa shape index (κ1) is 16.3. The van der Waals surface area contributed by atoms with Crippen LogP contribution in [0.15, 0.2) is 30.3 Å². The molecule has 25 heavy (non-hydrogen) atoms. The van der Waals surface area contributed by atoms with Gasteiger partial charge in [0.2, 0.25) is 5.91 Å². The molecule has 5 nitrogen and oxygen atoms in total. The summed E-state index contributed by atoms with van der Waals surface area (Å²) < 4.78 is 0. The van der Waals surface area contributed by atoms with Crippen LogP contribution in [0.2, 0.25) is 0 Å². The van der Waals surface area contributed by atoms with E-state index in [1.54, 1.807) is 0 Å². The zero-order valence-corrected chi connectivity index (χ0v) is 14.7. The van der Waals surface area contributed by atoms with Crippen molar-refractivity contribution in [2.24, 2.45) is 23.7 Å². The van der Waals surface area contributed by atoms with Gasteiger partial charge in [0.25, 0.3) is 0 Å². The summed E-state index contributed by atoms with van der Waals surface area (Å²) in [5.41, 5.74) is 1.92. The number of carboxylic acid groups (broad SMARTS) is 1. The van der Waals surface area contributed by atoms with E-state index in [4.69, 9.17) is 0 Å². The van der Waals surface area contributed by atoms with E-state index < -0.39 is 17.8 Å². The Balaban J connectivity index is 1.55. The fraction of sp³-hybridized carbons (Fsp3) is 0.421. The maximum atomic E-state index is 12.7. The van der Waals surface area contributed by atoms with E-state index in [-0.39, 0.29) is 17.7 Å². The standard InChI is InChI=1S/C19H20N2O3S/c1-10-16(11-5-3-2-4-6-11)25-19(20-10)21-17(22)14-12-7-8-13(9-12)15(14)18(23)24/h2-6,12-15H,7-9H2,1H3,(H,23,24)(H,20,21,22)/p-1/t12-,13-,14+,15-/m0/s1. The Morgan fingerprint density at radius 3 is 2.52 bits per heavy atom. The topological polar surface area (TPSA) is 82.1 Å². The molecule has 6 heteroatoms. The van der Waals surface area contributed by atoms with Crippen LogP contribution in [0.5, 0.6) is 0 Å². The second-order valence-corrected chi connectivity index (χ2v) is 7.99. The summed E-state index contributed by atoms with van der Waals surface area (Å²) >= 11 is 1.42. The molecule has 4 rings (SSSR count). The van der Waals surface area contributed by atoms with E-state index in [0.29, 0.717) is 5.13 Å². The second kappa shape index (κ2) is 6.26. The fourth-order valence-corrected chi connectivity index (χ4v) is 5.48.